The average molecular weight is 178 g/mol. The van der Waals surface area contributed by atoms with Crippen molar-refractivity contribution in [2.75, 3.05) is 0 Å². The Morgan fingerprint density at radius 3 is 2.85 bits per heavy atom. The Hall–Kier alpha value is -1.64. The van der Waals surface area contributed by atoms with Crippen molar-refractivity contribution < 1.29 is 14.7 Å². The molecule has 0 aromatic carbocycles. The maximum atomic E-state index is 10.7. The van der Waals surface area contributed by atoms with Gasteiger partial charge in [0, 0.05) is 5.57 Å². The summed E-state index contributed by atoms with van der Waals surface area (Å²) in [4.78, 5) is 21.1. The van der Waals surface area contributed by atoms with Crippen LogP contribution in [0, 0.1) is 5.92 Å². The minimum atomic E-state index is -1.00. The van der Waals surface area contributed by atoms with Crippen LogP contribution >= 0.6 is 0 Å². The van der Waals surface area contributed by atoms with E-state index in [0.717, 1.165) is 0 Å². The molecule has 3 nitrogen and oxygen atoms in total. The predicted molar refractivity (Wildman–Crippen MR) is 48.2 cm³/mol. The summed E-state index contributed by atoms with van der Waals surface area (Å²) in [5.41, 5.74) is 0.553. The molecule has 1 unspecified atom stereocenters. The molecule has 1 atom stereocenters. The molecule has 1 N–H and O–H groups in total. The largest absolute Gasteiger partial charge is 0.478 e. The fourth-order valence-electron chi connectivity index (χ4n) is 1.08. The molecule has 0 aliphatic heterocycles. The summed E-state index contributed by atoms with van der Waals surface area (Å²) in [7, 11) is 0. The van der Waals surface area contributed by atoms with Crippen molar-refractivity contribution in [1.82, 2.24) is 0 Å². The van der Waals surface area contributed by atoms with Crippen LogP contribution in [0.4, 0.5) is 0 Å². The number of hydrogen-bond acceptors (Lipinski definition) is 2. The van der Waals surface area contributed by atoms with Gasteiger partial charge in [0.15, 0.2) is 0 Å². The van der Waals surface area contributed by atoms with Gasteiger partial charge >= 0.3 is 5.97 Å². The first kappa shape index (κ1) is 9.45. The molecule has 0 saturated carbocycles. The number of aliphatic carboxylic acids is 1. The Bertz CT molecular complexity index is 321. The summed E-state index contributed by atoms with van der Waals surface area (Å²) in [5.74, 6) is -0.963. The third kappa shape index (κ3) is 2.40. The third-order valence-electron chi connectivity index (χ3n) is 1.74. The zero-order valence-electron chi connectivity index (χ0n) is 7.23. The number of aldehydes is 1. The molecule has 0 aromatic heterocycles. The molecule has 1 rings (SSSR count). The topological polar surface area (TPSA) is 54.4 Å². The Balaban J connectivity index is 3.07. The van der Waals surface area contributed by atoms with E-state index < -0.39 is 5.97 Å². The number of carboxylic acids is 1. The van der Waals surface area contributed by atoms with E-state index in [2.05, 4.69) is 0 Å². The molecule has 3 heteroatoms. The van der Waals surface area contributed by atoms with Crippen LogP contribution in [0.1, 0.15) is 6.92 Å². The van der Waals surface area contributed by atoms with Gasteiger partial charge in [0.1, 0.15) is 6.29 Å². The molecule has 1 aliphatic rings. The van der Waals surface area contributed by atoms with Crippen molar-refractivity contribution in [1.29, 1.82) is 0 Å². The SMILES string of the molecule is CC1C=CC(C=O)=CC(C(=O)O)=C1. The summed E-state index contributed by atoms with van der Waals surface area (Å²) in [5, 5.41) is 8.74. The van der Waals surface area contributed by atoms with Crippen molar-refractivity contribution in [3.63, 3.8) is 0 Å². The van der Waals surface area contributed by atoms with Crippen molar-refractivity contribution in [2.45, 2.75) is 6.92 Å². The quantitative estimate of drug-likeness (QED) is 0.649. The summed E-state index contributed by atoms with van der Waals surface area (Å²) in [6, 6.07) is 0. The number of carboxylic acid groups (broad SMARTS) is 1. The molecule has 1 aliphatic carbocycles. The first-order chi connectivity index (χ1) is 6.13. The number of carbonyl (C=O) groups excluding carboxylic acids is 1. The van der Waals surface area contributed by atoms with Gasteiger partial charge in [-0.15, -0.1) is 0 Å². The minimum Gasteiger partial charge on any atom is -0.478 e. The van der Waals surface area contributed by atoms with Gasteiger partial charge < -0.3 is 5.11 Å². The lowest BCUT2D eigenvalue weighted by Gasteiger charge is -1.96. The summed E-state index contributed by atoms with van der Waals surface area (Å²) >= 11 is 0. The van der Waals surface area contributed by atoms with Crippen LogP contribution in [-0.4, -0.2) is 17.4 Å². The van der Waals surface area contributed by atoms with E-state index in [4.69, 9.17) is 5.11 Å². The van der Waals surface area contributed by atoms with Gasteiger partial charge in [-0.05, 0) is 12.0 Å². The van der Waals surface area contributed by atoms with E-state index in [1.165, 1.54) is 6.08 Å². The molecule has 0 saturated heterocycles. The minimum absolute atomic E-state index is 0.0415. The molecule has 0 radical (unpaired) electrons. The summed E-state index contributed by atoms with van der Waals surface area (Å²) in [6.07, 6.45) is 7.04. The Morgan fingerprint density at radius 1 is 1.62 bits per heavy atom. The highest BCUT2D eigenvalue weighted by Gasteiger charge is 2.09. The standard InChI is InChI=1S/C10H10O3/c1-7-2-3-8(6-11)5-9(4-7)10(12)13/h2-7H,1H3,(H,12,13). The Morgan fingerprint density at radius 2 is 2.31 bits per heavy atom. The normalized spacial score (nSPS) is 21.5. The van der Waals surface area contributed by atoms with Crippen molar-refractivity contribution in [3.8, 4) is 0 Å². The highest BCUT2D eigenvalue weighted by atomic mass is 16.4. The molecule has 0 amide bonds. The van der Waals surface area contributed by atoms with Gasteiger partial charge in [0.25, 0.3) is 0 Å². The second kappa shape index (κ2) is 3.85. The second-order valence-electron chi connectivity index (χ2n) is 2.91. The van der Waals surface area contributed by atoms with E-state index in [1.807, 2.05) is 6.92 Å². The van der Waals surface area contributed by atoms with Crippen LogP contribution in [0.5, 0.6) is 0 Å². The van der Waals surface area contributed by atoms with Gasteiger partial charge in [0.2, 0.25) is 0 Å². The predicted octanol–water partition coefficient (Wildman–Crippen LogP) is 1.33. The molecule has 13 heavy (non-hydrogen) atoms. The van der Waals surface area contributed by atoms with Crippen molar-refractivity contribution in [3.05, 3.63) is 35.5 Å². The van der Waals surface area contributed by atoms with E-state index >= 15 is 0 Å². The Labute approximate surface area is 76.1 Å². The van der Waals surface area contributed by atoms with E-state index in [0.29, 0.717) is 11.9 Å². The number of rotatable bonds is 2. The fraction of sp³-hybridized carbons (Fsp3) is 0.200. The zero-order valence-corrected chi connectivity index (χ0v) is 7.23. The van der Waals surface area contributed by atoms with Crippen LogP contribution in [0.25, 0.3) is 0 Å². The van der Waals surface area contributed by atoms with Crippen molar-refractivity contribution in [2.24, 2.45) is 5.92 Å². The van der Waals surface area contributed by atoms with E-state index in [9.17, 15) is 9.59 Å². The first-order valence-electron chi connectivity index (χ1n) is 3.93. The molecule has 0 heterocycles. The molecule has 0 aromatic rings. The van der Waals surface area contributed by atoms with Crippen LogP contribution in [0.3, 0.4) is 0 Å². The monoisotopic (exact) mass is 178 g/mol. The van der Waals surface area contributed by atoms with E-state index in [-0.39, 0.29) is 11.5 Å². The smallest absolute Gasteiger partial charge is 0.335 e. The van der Waals surface area contributed by atoms with Crippen molar-refractivity contribution >= 4 is 12.3 Å². The molecule has 0 spiro atoms. The van der Waals surface area contributed by atoms with E-state index in [1.54, 1.807) is 18.2 Å². The first-order valence-corrected chi connectivity index (χ1v) is 3.93. The number of allylic oxidation sites excluding steroid dienone is 4. The highest BCUT2D eigenvalue weighted by Crippen LogP contribution is 2.14. The second-order valence-corrected chi connectivity index (χ2v) is 2.91. The average Bonchev–Trinajstić information content (AvgIpc) is 2.27. The third-order valence-corrected chi connectivity index (χ3v) is 1.74. The molecule has 68 valence electrons. The van der Waals surface area contributed by atoms with Gasteiger partial charge in [-0.25, -0.2) is 4.79 Å². The van der Waals surface area contributed by atoms with Gasteiger partial charge in [-0.1, -0.05) is 25.2 Å². The lowest BCUT2D eigenvalue weighted by atomic mass is 10.1. The van der Waals surface area contributed by atoms with Gasteiger partial charge in [0.05, 0.1) is 5.57 Å². The lowest BCUT2D eigenvalue weighted by molar-refractivity contribution is -0.132. The van der Waals surface area contributed by atoms with Gasteiger partial charge in [-0.2, -0.15) is 0 Å². The van der Waals surface area contributed by atoms with Gasteiger partial charge in [-0.3, -0.25) is 4.79 Å². The molecular weight excluding hydrogens is 168 g/mol. The number of carbonyl (C=O) groups is 2. The Kier molecular flexibility index (Phi) is 2.80. The zero-order chi connectivity index (χ0) is 9.84. The molecular formula is C10H10O3. The maximum absolute atomic E-state index is 10.7. The fourth-order valence-corrected chi connectivity index (χ4v) is 1.08. The molecule has 0 bridgehead atoms. The summed E-state index contributed by atoms with van der Waals surface area (Å²) < 4.78 is 0. The lowest BCUT2D eigenvalue weighted by Crippen LogP contribution is -1.99. The highest BCUT2D eigenvalue weighted by molar-refractivity contribution is 5.93. The van der Waals surface area contributed by atoms with Crippen LogP contribution in [0.2, 0.25) is 0 Å². The molecule has 0 fully saturated rings. The maximum Gasteiger partial charge on any atom is 0.335 e. The van der Waals surface area contributed by atoms with Crippen LogP contribution in [0.15, 0.2) is 35.5 Å². The van der Waals surface area contributed by atoms with Crippen LogP contribution in [-0.2, 0) is 9.59 Å². The summed E-state index contributed by atoms with van der Waals surface area (Å²) in [6.45, 7) is 1.86. The van der Waals surface area contributed by atoms with Crippen LogP contribution < -0.4 is 0 Å². The number of hydrogen-bond donors (Lipinski definition) is 1.